The summed E-state index contributed by atoms with van der Waals surface area (Å²) in [4.78, 5) is 14.1. The van der Waals surface area contributed by atoms with Gasteiger partial charge in [-0.1, -0.05) is 18.2 Å². The number of carbonyl (C=O) groups excluding carboxylic acids is 1. The molecule has 1 heterocycles. The van der Waals surface area contributed by atoms with E-state index in [4.69, 9.17) is 0 Å². The molecule has 0 radical (unpaired) electrons. The number of benzene rings is 2. The number of aryl methyl sites for hydroxylation is 1. The summed E-state index contributed by atoms with van der Waals surface area (Å²) >= 11 is 0. The first kappa shape index (κ1) is 16.8. The van der Waals surface area contributed by atoms with E-state index in [0.717, 1.165) is 11.1 Å². The Bertz CT molecular complexity index is 868. The van der Waals surface area contributed by atoms with E-state index < -0.39 is 6.36 Å². The molecule has 0 aromatic heterocycles. The van der Waals surface area contributed by atoms with Crippen LogP contribution in [0.4, 0.5) is 13.2 Å². The molecule has 0 unspecified atom stereocenters. The van der Waals surface area contributed by atoms with Crippen molar-refractivity contribution in [1.82, 2.24) is 4.90 Å². The van der Waals surface area contributed by atoms with E-state index in [2.05, 4.69) is 4.74 Å². The third-order valence-corrected chi connectivity index (χ3v) is 3.88. The predicted molar refractivity (Wildman–Crippen MR) is 82.6 cm³/mol. The first-order chi connectivity index (χ1) is 11.8. The number of ether oxygens (including phenoxy) is 1. The van der Waals surface area contributed by atoms with Gasteiger partial charge in [-0.05, 0) is 41.8 Å². The van der Waals surface area contributed by atoms with E-state index in [9.17, 15) is 23.2 Å². The SMILES string of the molecule is Cc1cc(C#N)c2c(c1)CN(Cc1ccc(OC(F)(F)F)cc1)C2=O. The summed E-state index contributed by atoms with van der Waals surface area (Å²) in [6.45, 7) is 2.46. The molecule has 1 amide bonds. The minimum atomic E-state index is -4.74. The smallest absolute Gasteiger partial charge is 0.406 e. The molecule has 4 nitrogen and oxygen atoms in total. The normalized spacial score (nSPS) is 13.6. The molecule has 0 bridgehead atoms. The largest absolute Gasteiger partial charge is 0.573 e. The number of carbonyl (C=O) groups is 1. The fourth-order valence-corrected chi connectivity index (χ4v) is 2.91. The van der Waals surface area contributed by atoms with Crippen LogP contribution < -0.4 is 4.74 Å². The summed E-state index contributed by atoms with van der Waals surface area (Å²) < 4.78 is 40.3. The lowest BCUT2D eigenvalue weighted by Gasteiger charge is -2.16. The van der Waals surface area contributed by atoms with E-state index in [0.29, 0.717) is 23.2 Å². The van der Waals surface area contributed by atoms with Gasteiger partial charge < -0.3 is 9.64 Å². The number of nitriles is 1. The van der Waals surface area contributed by atoms with Crippen LogP contribution in [-0.4, -0.2) is 17.2 Å². The van der Waals surface area contributed by atoms with Gasteiger partial charge in [-0.15, -0.1) is 13.2 Å². The van der Waals surface area contributed by atoms with Crippen molar-refractivity contribution in [2.75, 3.05) is 0 Å². The Morgan fingerprint density at radius 1 is 1.24 bits per heavy atom. The molecule has 1 aliphatic rings. The van der Waals surface area contributed by atoms with Gasteiger partial charge in [0.05, 0.1) is 17.2 Å². The van der Waals surface area contributed by atoms with Crippen LogP contribution in [0.5, 0.6) is 5.75 Å². The molecule has 0 fully saturated rings. The molecule has 25 heavy (non-hydrogen) atoms. The van der Waals surface area contributed by atoms with Crippen molar-refractivity contribution >= 4 is 5.91 Å². The van der Waals surface area contributed by atoms with E-state index in [1.807, 2.05) is 19.1 Å². The second kappa shape index (κ2) is 6.13. The summed E-state index contributed by atoms with van der Waals surface area (Å²) in [6, 6.07) is 11.0. The van der Waals surface area contributed by atoms with Gasteiger partial charge in [0, 0.05) is 13.1 Å². The number of hydrogen-bond acceptors (Lipinski definition) is 3. The van der Waals surface area contributed by atoms with Crippen LogP contribution in [0.25, 0.3) is 0 Å². The van der Waals surface area contributed by atoms with Crippen molar-refractivity contribution in [2.45, 2.75) is 26.4 Å². The number of halogens is 3. The van der Waals surface area contributed by atoms with Crippen molar-refractivity contribution in [3.05, 3.63) is 64.2 Å². The zero-order valence-corrected chi connectivity index (χ0v) is 13.2. The zero-order chi connectivity index (χ0) is 18.2. The van der Waals surface area contributed by atoms with Crippen molar-refractivity contribution in [3.8, 4) is 11.8 Å². The molecular weight excluding hydrogens is 333 g/mol. The molecule has 2 aromatic carbocycles. The summed E-state index contributed by atoms with van der Waals surface area (Å²) in [5.74, 6) is -0.558. The van der Waals surface area contributed by atoms with Gasteiger partial charge in [-0.2, -0.15) is 5.26 Å². The van der Waals surface area contributed by atoms with Crippen LogP contribution in [0.15, 0.2) is 36.4 Å². The molecular formula is C18H13F3N2O2. The maximum Gasteiger partial charge on any atom is 0.573 e. The average molecular weight is 346 g/mol. The topological polar surface area (TPSA) is 53.3 Å². The predicted octanol–water partition coefficient (Wildman–Crippen LogP) is 3.92. The van der Waals surface area contributed by atoms with Crippen molar-refractivity contribution < 1.29 is 22.7 Å². The van der Waals surface area contributed by atoms with Crippen LogP contribution in [0.2, 0.25) is 0 Å². The second-order valence-corrected chi connectivity index (χ2v) is 5.81. The zero-order valence-electron chi connectivity index (χ0n) is 13.2. The van der Waals surface area contributed by atoms with Gasteiger partial charge in [0.1, 0.15) is 5.75 Å². The van der Waals surface area contributed by atoms with Gasteiger partial charge in [0.25, 0.3) is 5.91 Å². The maximum absolute atomic E-state index is 12.5. The Morgan fingerprint density at radius 3 is 2.52 bits per heavy atom. The van der Waals surface area contributed by atoms with Gasteiger partial charge in [-0.25, -0.2) is 0 Å². The number of alkyl halides is 3. The quantitative estimate of drug-likeness (QED) is 0.846. The number of rotatable bonds is 3. The minimum Gasteiger partial charge on any atom is -0.406 e. The second-order valence-electron chi connectivity index (χ2n) is 5.81. The standard InChI is InChI=1S/C18H13F3N2O2/c1-11-6-13(8-22)16-14(7-11)10-23(17(16)24)9-12-2-4-15(5-3-12)25-18(19,20)21/h2-7H,9-10H2,1H3. The third kappa shape index (κ3) is 3.58. The van der Waals surface area contributed by atoms with E-state index in [-0.39, 0.29) is 18.2 Å². The van der Waals surface area contributed by atoms with Gasteiger partial charge >= 0.3 is 6.36 Å². The number of fused-ring (bicyclic) bond motifs is 1. The van der Waals surface area contributed by atoms with Crippen LogP contribution in [0.1, 0.15) is 32.6 Å². The third-order valence-electron chi connectivity index (χ3n) is 3.88. The Labute approximate surface area is 142 Å². The summed E-state index contributed by atoms with van der Waals surface area (Å²) in [6.07, 6.45) is -4.74. The van der Waals surface area contributed by atoms with E-state index in [1.165, 1.54) is 24.3 Å². The number of nitrogens with zero attached hydrogens (tertiary/aromatic N) is 2. The van der Waals surface area contributed by atoms with Crippen molar-refractivity contribution in [2.24, 2.45) is 0 Å². The Morgan fingerprint density at radius 2 is 1.92 bits per heavy atom. The number of amides is 1. The lowest BCUT2D eigenvalue weighted by molar-refractivity contribution is -0.274. The molecule has 128 valence electrons. The van der Waals surface area contributed by atoms with E-state index in [1.54, 1.807) is 11.0 Å². The number of hydrogen-bond donors (Lipinski definition) is 0. The lowest BCUT2D eigenvalue weighted by Crippen LogP contribution is -2.23. The lowest BCUT2D eigenvalue weighted by atomic mass is 10.0. The molecule has 0 saturated carbocycles. The van der Waals surface area contributed by atoms with Crippen molar-refractivity contribution in [3.63, 3.8) is 0 Å². The molecule has 0 spiro atoms. The molecule has 2 aromatic rings. The molecule has 0 atom stereocenters. The van der Waals surface area contributed by atoms with Crippen LogP contribution in [0, 0.1) is 18.3 Å². The summed E-state index contributed by atoms with van der Waals surface area (Å²) in [5, 5.41) is 9.22. The average Bonchev–Trinajstić information content (AvgIpc) is 2.83. The van der Waals surface area contributed by atoms with Gasteiger partial charge in [0.2, 0.25) is 0 Å². The first-order valence-electron chi connectivity index (χ1n) is 7.44. The highest BCUT2D eigenvalue weighted by Gasteiger charge is 2.32. The van der Waals surface area contributed by atoms with Crippen molar-refractivity contribution in [1.29, 1.82) is 5.26 Å². The maximum atomic E-state index is 12.5. The Kier molecular flexibility index (Phi) is 4.13. The van der Waals surface area contributed by atoms with E-state index >= 15 is 0 Å². The molecule has 0 aliphatic carbocycles. The van der Waals surface area contributed by atoms with Crippen LogP contribution in [0.3, 0.4) is 0 Å². The summed E-state index contributed by atoms with van der Waals surface area (Å²) in [5.41, 5.74) is 3.12. The summed E-state index contributed by atoms with van der Waals surface area (Å²) in [7, 11) is 0. The molecule has 1 aliphatic heterocycles. The monoisotopic (exact) mass is 346 g/mol. The highest BCUT2D eigenvalue weighted by molar-refractivity contribution is 6.00. The van der Waals surface area contributed by atoms with Gasteiger partial charge in [0.15, 0.2) is 0 Å². The fraction of sp³-hybridized carbons (Fsp3) is 0.222. The fourth-order valence-electron chi connectivity index (χ4n) is 2.91. The molecule has 0 saturated heterocycles. The Hall–Kier alpha value is -3.01. The highest BCUT2D eigenvalue weighted by atomic mass is 19.4. The first-order valence-corrected chi connectivity index (χ1v) is 7.44. The Balaban J connectivity index is 1.77. The van der Waals surface area contributed by atoms with Gasteiger partial charge in [-0.3, -0.25) is 4.79 Å². The van der Waals surface area contributed by atoms with Crippen LogP contribution >= 0.6 is 0 Å². The molecule has 7 heteroatoms. The van der Waals surface area contributed by atoms with Crippen LogP contribution in [-0.2, 0) is 13.1 Å². The molecule has 0 N–H and O–H groups in total. The molecule has 3 rings (SSSR count). The minimum absolute atomic E-state index is 0.240. The highest BCUT2D eigenvalue weighted by Crippen LogP contribution is 2.29.